The summed E-state index contributed by atoms with van der Waals surface area (Å²) in [5.41, 5.74) is 2.94. The Morgan fingerprint density at radius 2 is 2.15 bits per heavy atom. The maximum atomic E-state index is 5.26. The van der Waals surface area contributed by atoms with E-state index in [9.17, 15) is 0 Å². The second-order valence-corrected chi connectivity index (χ2v) is 6.15. The second-order valence-electron chi connectivity index (χ2n) is 6.15. The zero-order chi connectivity index (χ0) is 14.6. The highest BCUT2D eigenvalue weighted by Crippen LogP contribution is 2.30. The van der Waals surface area contributed by atoms with Gasteiger partial charge < -0.3 is 15.0 Å². The van der Waals surface area contributed by atoms with E-state index in [1.165, 1.54) is 11.3 Å². The van der Waals surface area contributed by atoms with E-state index in [0.29, 0.717) is 6.04 Å². The number of nitrogens with one attached hydrogen (secondary N) is 1. The lowest BCUT2D eigenvalue weighted by molar-refractivity contribution is 0.187. The third-order valence-corrected chi connectivity index (χ3v) is 4.58. The van der Waals surface area contributed by atoms with Crippen LogP contribution < -0.4 is 10.2 Å². The standard InChI is InChI=1S/C17H28N2O/c1-5-17(3)13-19(14(2)10-11-20-4)16-9-7-6-8-15(16)12-18-17/h6-9,14,18H,5,10-13H2,1-4H3. The summed E-state index contributed by atoms with van der Waals surface area (Å²) in [4.78, 5) is 2.55. The van der Waals surface area contributed by atoms with Gasteiger partial charge in [0.25, 0.3) is 0 Å². The molecule has 0 spiro atoms. The fraction of sp³-hybridized carbons (Fsp3) is 0.647. The van der Waals surface area contributed by atoms with Crippen LogP contribution in [0.3, 0.4) is 0 Å². The van der Waals surface area contributed by atoms with Crippen molar-refractivity contribution in [1.29, 1.82) is 0 Å². The van der Waals surface area contributed by atoms with Gasteiger partial charge in [-0.25, -0.2) is 0 Å². The van der Waals surface area contributed by atoms with Gasteiger partial charge in [0, 0.05) is 44.1 Å². The van der Waals surface area contributed by atoms with Crippen molar-refractivity contribution in [2.45, 2.75) is 51.7 Å². The molecule has 3 nitrogen and oxygen atoms in total. The zero-order valence-corrected chi connectivity index (χ0v) is 13.3. The average molecular weight is 276 g/mol. The van der Waals surface area contributed by atoms with Crippen molar-refractivity contribution in [3.8, 4) is 0 Å². The molecule has 2 rings (SSSR count). The smallest absolute Gasteiger partial charge is 0.0481 e. The quantitative estimate of drug-likeness (QED) is 0.894. The summed E-state index contributed by atoms with van der Waals surface area (Å²) in [5.74, 6) is 0. The summed E-state index contributed by atoms with van der Waals surface area (Å²) >= 11 is 0. The van der Waals surface area contributed by atoms with E-state index in [2.05, 4.69) is 55.3 Å². The summed E-state index contributed by atoms with van der Waals surface area (Å²) < 4.78 is 5.26. The van der Waals surface area contributed by atoms with E-state index >= 15 is 0 Å². The predicted octanol–water partition coefficient (Wildman–Crippen LogP) is 3.19. The molecule has 1 heterocycles. The molecule has 0 aromatic heterocycles. The van der Waals surface area contributed by atoms with Crippen LogP contribution >= 0.6 is 0 Å². The predicted molar refractivity (Wildman–Crippen MR) is 85.3 cm³/mol. The van der Waals surface area contributed by atoms with Crippen LogP contribution in [0, 0.1) is 0 Å². The largest absolute Gasteiger partial charge is 0.385 e. The molecule has 0 saturated heterocycles. The van der Waals surface area contributed by atoms with Crippen LogP contribution in [0.15, 0.2) is 24.3 Å². The minimum atomic E-state index is 0.167. The number of methoxy groups -OCH3 is 1. The highest BCUT2D eigenvalue weighted by Gasteiger charge is 2.31. The second kappa shape index (κ2) is 6.59. The number of fused-ring (bicyclic) bond motifs is 1. The first kappa shape index (κ1) is 15.3. The molecular weight excluding hydrogens is 248 g/mol. The van der Waals surface area contributed by atoms with Crippen LogP contribution in [0.2, 0.25) is 0 Å². The van der Waals surface area contributed by atoms with E-state index in [1.54, 1.807) is 7.11 Å². The Labute approximate surface area is 123 Å². The Kier molecular flexibility index (Phi) is 5.06. The third-order valence-electron chi connectivity index (χ3n) is 4.58. The lowest BCUT2D eigenvalue weighted by Crippen LogP contribution is -2.51. The van der Waals surface area contributed by atoms with Gasteiger partial charge in [0.1, 0.15) is 0 Å². The summed E-state index contributed by atoms with van der Waals surface area (Å²) in [5, 5.41) is 3.73. The molecule has 0 saturated carbocycles. The fourth-order valence-corrected chi connectivity index (χ4v) is 2.84. The minimum Gasteiger partial charge on any atom is -0.385 e. The molecule has 0 bridgehead atoms. The van der Waals surface area contributed by atoms with Crippen LogP contribution in [-0.4, -0.2) is 31.8 Å². The van der Waals surface area contributed by atoms with Crippen molar-refractivity contribution >= 4 is 5.69 Å². The van der Waals surface area contributed by atoms with Crippen molar-refractivity contribution in [2.24, 2.45) is 0 Å². The first-order valence-corrected chi connectivity index (χ1v) is 7.68. The molecule has 3 heteroatoms. The SMILES string of the molecule is CCC1(C)CN(C(C)CCOC)c2ccccc2CN1. The van der Waals surface area contributed by atoms with E-state index < -0.39 is 0 Å². The molecular formula is C17H28N2O. The Balaban J connectivity index is 2.28. The summed E-state index contributed by atoms with van der Waals surface area (Å²) in [7, 11) is 1.78. The van der Waals surface area contributed by atoms with Crippen LogP contribution in [-0.2, 0) is 11.3 Å². The average Bonchev–Trinajstić information content (AvgIpc) is 2.63. The van der Waals surface area contributed by atoms with Crippen LogP contribution in [0.4, 0.5) is 5.69 Å². The van der Waals surface area contributed by atoms with Crippen molar-refractivity contribution in [3.05, 3.63) is 29.8 Å². The molecule has 1 aromatic carbocycles. The van der Waals surface area contributed by atoms with Gasteiger partial charge in [-0.15, -0.1) is 0 Å². The lowest BCUT2D eigenvalue weighted by Gasteiger charge is -2.38. The Bertz CT molecular complexity index is 435. The number of benzene rings is 1. The Hall–Kier alpha value is -1.06. The van der Waals surface area contributed by atoms with Gasteiger partial charge in [0.15, 0.2) is 0 Å². The van der Waals surface area contributed by atoms with Crippen LogP contribution in [0.5, 0.6) is 0 Å². The first-order chi connectivity index (χ1) is 9.59. The summed E-state index contributed by atoms with van der Waals surface area (Å²) in [6.45, 7) is 9.71. The maximum Gasteiger partial charge on any atom is 0.0481 e. The van der Waals surface area contributed by atoms with Crippen molar-refractivity contribution in [3.63, 3.8) is 0 Å². The van der Waals surface area contributed by atoms with Crippen LogP contribution in [0.25, 0.3) is 0 Å². The number of nitrogens with zero attached hydrogens (tertiary/aromatic N) is 1. The molecule has 1 aromatic rings. The summed E-state index contributed by atoms with van der Waals surface area (Å²) in [6, 6.07) is 9.25. The number of hydrogen-bond acceptors (Lipinski definition) is 3. The number of ether oxygens (including phenoxy) is 1. The van der Waals surface area contributed by atoms with Gasteiger partial charge in [-0.2, -0.15) is 0 Å². The molecule has 1 aliphatic rings. The highest BCUT2D eigenvalue weighted by molar-refractivity contribution is 5.55. The van der Waals surface area contributed by atoms with Gasteiger partial charge >= 0.3 is 0 Å². The topological polar surface area (TPSA) is 24.5 Å². The Morgan fingerprint density at radius 1 is 1.40 bits per heavy atom. The minimum absolute atomic E-state index is 0.167. The number of para-hydroxylation sites is 1. The number of rotatable bonds is 5. The summed E-state index contributed by atoms with van der Waals surface area (Å²) in [6.07, 6.45) is 2.19. The molecule has 2 atom stereocenters. The first-order valence-electron chi connectivity index (χ1n) is 7.68. The van der Waals surface area contributed by atoms with Crippen molar-refractivity contribution in [1.82, 2.24) is 5.32 Å². The molecule has 112 valence electrons. The number of hydrogen-bond donors (Lipinski definition) is 1. The van der Waals surface area contributed by atoms with Gasteiger partial charge in [0.2, 0.25) is 0 Å². The van der Waals surface area contributed by atoms with Crippen molar-refractivity contribution in [2.75, 3.05) is 25.2 Å². The van der Waals surface area contributed by atoms with Crippen molar-refractivity contribution < 1.29 is 4.74 Å². The fourth-order valence-electron chi connectivity index (χ4n) is 2.84. The van der Waals surface area contributed by atoms with Gasteiger partial charge in [-0.3, -0.25) is 0 Å². The molecule has 1 aliphatic heterocycles. The maximum absolute atomic E-state index is 5.26. The molecule has 0 aliphatic carbocycles. The third kappa shape index (κ3) is 3.33. The molecule has 20 heavy (non-hydrogen) atoms. The molecule has 0 radical (unpaired) electrons. The molecule has 0 fully saturated rings. The van der Waals surface area contributed by atoms with Crippen LogP contribution in [0.1, 0.15) is 39.2 Å². The van der Waals surface area contributed by atoms with Gasteiger partial charge in [0.05, 0.1) is 0 Å². The van der Waals surface area contributed by atoms with Gasteiger partial charge in [-0.1, -0.05) is 25.1 Å². The zero-order valence-electron chi connectivity index (χ0n) is 13.3. The van der Waals surface area contributed by atoms with E-state index in [1.807, 2.05) is 0 Å². The van der Waals surface area contributed by atoms with E-state index in [0.717, 1.165) is 32.5 Å². The van der Waals surface area contributed by atoms with Gasteiger partial charge in [-0.05, 0) is 38.3 Å². The number of anilines is 1. The molecule has 1 N–H and O–H groups in total. The monoisotopic (exact) mass is 276 g/mol. The Morgan fingerprint density at radius 3 is 2.85 bits per heavy atom. The molecule has 0 amide bonds. The molecule has 2 unspecified atom stereocenters. The lowest BCUT2D eigenvalue weighted by atomic mass is 9.97. The highest BCUT2D eigenvalue weighted by atomic mass is 16.5. The van der Waals surface area contributed by atoms with E-state index in [4.69, 9.17) is 4.74 Å². The normalized spacial score (nSPS) is 24.1. The van der Waals surface area contributed by atoms with E-state index in [-0.39, 0.29) is 5.54 Å².